The third-order valence-corrected chi connectivity index (χ3v) is 6.37. The van der Waals surface area contributed by atoms with E-state index in [1.165, 1.54) is 0 Å². The Morgan fingerprint density at radius 2 is 1.79 bits per heavy atom. The van der Waals surface area contributed by atoms with Gasteiger partial charge in [-0.05, 0) is 42.6 Å². The highest BCUT2D eigenvalue weighted by Gasteiger charge is 2.53. The van der Waals surface area contributed by atoms with Crippen molar-refractivity contribution in [3.05, 3.63) is 18.1 Å². The van der Waals surface area contributed by atoms with Gasteiger partial charge in [-0.2, -0.15) is 0 Å². The first-order valence-corrected chi connectivity index (χ1v) is 10.7. The molecule has 2 fully saturated rings. The second kappa shape index (κ2) is 7.97. The van der Waals surface area contributed by atoms with Crippen molar-refractivity contribution < 1.29 is 4.79 Å². The normalized spacial score (nSPS) is 22.2. The van der Waals surface area contributed by atoms with Gasteiger partial charge in [0, 0.05) is 25.2 Å². The molecule has 0 radical (unpaired) electrons. The van der Waals surface area contributed by atoms with Crippen LogP contribution in [-0.4, -0.2) is 47.6 Å². The monoisotopic (exact) mass is 387 g/mol. The van der Waals surface area contributed by atoms with E-state index in [0.29, 0.717) is 11.7 Å². The Morgan fingerprint density at radius 3 is 2.29 bits per heavy atom. The highest BCUT2D eigenvalue weighted by molar-refractivity contribution is 5.92. The molecule has 6 heteroatoms. The van der Waals surface area contributed by atoms with Gasteiger partial charge in [0.05, 0.1) is 12.4 Å². The van der Waals surface area contributed by atoms with E-state index in [4.69, 9.17) is 0 Å². The molecular weight excluding hydrogens is 350 g/mol. The Morgan fingerprint density at radius 1 is 1.14 bits per heavy atom. The van der Waals surface area contributed by atoms with Crippen molar-refractivity contribution in [2.24, 2.45) is 16.7 Å². The predicted octanol–water partition coefficient (Wildman–Crippen LogP) is 3.25. The van der Waals surface area contributed by atoms with Crippen LogP contribution in [-0.2, 0) is 0 Å². The molecule has 1 amide bonds. The number of hydrogen-bond donors (Lipinski definition) is 2. The number of piperidine rings is 1. The molecule has 6 nitrogen and oxygen atoms in total. The SMILES string of the molecule is CC(C)NCC1CCN(c2cnc(C(=O)NC3C(C)(C)CC3(C)C)cn2)CC1. The Kier molecular flexibility index (Phi) is 5.99. The lowest BCUT2D eigenvalue weighted by Gasteiger charge is -2.57. The molecule has 2 N–H and O–H groups in total. The summed E-state index contributed by atoms with van der Waals surface area (Å²) in [4.78, 5) is 23.9. The Bertz CT molecular complexity index is 661. The molecule has 2 aliphatic rings. The van der Waals surface area contributed by atoms with Crippen LogP contribution in [0, 0.1) is 16.7 Å². The van der Waals surface area contributed by atoms with Crippen LogP contribution in [0.3, 0.4) is 0 Å². The lowest BCUT2D eigenvalue weighted by molar-refractivity contribution is -0.0367. The number of hydrogen-bond acceptors (Lipinski definition) is 5. The molecule has 28 heavy (non-hydrogen) atoms. The number of nitrogens with zero attached hydrogens (tertiary/aromatic N) is 3. The second-order valence-electron chi connectivity index (χ2n) is 10.3. The number of aromatic nitrogens is 2. The zero-order valence-electron chi connectivity index (χ0n) is 18.4. The zero-order valence-corrected chi connectivity index (χ0v) is 18.4. The topological polar surface area (TPSA) is 70.2 Å². The summed E-state index contributed by atoms with van der Waals surface area (Å²) >= 11 is 0. The minimum atomic E-state index is -0.122. The fourth-order valence-electron chi connectivity index (χ4n) is 5.27. The number of anilines is 1. The first-order chi connectivity index (χ1) is 13.1. The van der Waals surface area contributed by atoms with Gasteiger partial charge < -0.3 is 15.5 Å². The largest absolute Gasteiger partial charge is 0.355 e. The third-order valence-electron chi connectivity index (χ3n) is 6.37. The maximum Gasteiger partial charge on any atom is 0.271 e. The van der Waals surface area contributed by atoms with Crippen molar-refractivity contribution in [1.29, 1.82) is 0 Å². The third kappa shape index (κ3) is 4.65. The molecule has 1 saturated carbocycles. The van der Waals surface area contributed by atoms with E-state index in [2.05, 4.69) is 67.0 Å². The first kappa shape index (κ1) is 21.0. The number of carbonyl (C=O) groups excluding carboxylic acids is 1. The Hall–Kier alpha value is -1.69. The van der Waals surface area contributed by atoms with Crippen LogP contribution in [0.5, 0.6) is 0 Å². The van der Waals surface area contributed by atoms with Crippen molar-refractivity contribution in [2.75, 3.05) is 24.5 Å². The van der Waals surface area contributed by atoms with Crippen LogP contribution in [0.1, 0.15) is 71.3 Å². The van der Waals surface area contributed by atoms with Crippen LogP contribution < -0.4 is 15.5 Å². The Labute approximate surface area is 169 Å². The quantitative estimate of drug-likeness (QED) is 0.784. The van der Waals surface area contributed by atoms with Crippen molar-refractivity contribution >= 4 is 11.7 Å². The molecule has 1 aliphatic carbocycles. The summed E-state index contributed by atoms with van der Waals surface area (Å²) in [6.07, 6.45) is 6.80. The lowest BCUT2D eigenvalue weighted by atomic mass is 9.52. The molecule has 0 aromatic carbocycles. The maximum atomic E-state index is 12.6. The van der Waals surface area contributed by atoms with Crippen molar-refractivity contribution in [3.63, 3.8) is 0 Å². The number of rotatable bonds is 6. The molecule has 0 unspecified atom stereocenters. The van der Waals surface area contributed by atoms with E-state index in [-0.39, 0.29) is 22.8 Å². The van der Waals surface area contributed by atoms with Gasteiger partial charge in [0.1, 0.15) is 11.5 Å². The van der Waals surface area contributed by atoms with Crippen LogP contribution in [0.15, 0.2) is 12.4 Å². The second-order valence-corrected chi connectivity index (χ2v) is 10.3. The van der Waals surface area contributed by atoms with E-state index >= 15 is 0 Å². The van der Waals surface area contributed by atoms with Gasteiger partial charge in [-0.15, -0.1) is 0 Å². The summed E-state index contributed by atoms with van der Waals surface area (Å²) in [6, 6.07) is 0.700. The summed E-state index contributed by atoms with van der Waals surface area (Å²) in [5.41, 5.74) is 0.654. The van der Waals surface area contributed by atoms with Gasteiger partial charge in [-0.3, -0.25) is 4.79 Å². The fraction of sp³-hybridized carbons (Fsp3) is 0.773. The van der Waals surface area contributed by atoms with Gasteiger partial charge >= 0.3 is 0 Å². The molecule has 2 heterocycles. The molecule has 0 bridgehead atoms. The minimum Gasteiger partial charge on any atom is -0.355 e. The van der Waals surface area contributed by atoms with Gasteiger partial charge in [0.15, 0.2) is 0 Å². The van der Waals surface area contributed by atoms with E-state index in [1.807, 2.05) is 0 Å². The first-order valence-electron chi connectivity index (χ1n) is 10.7. The number of amides is 1. The Balaban J connectivity index is 1.53. The van der Waals surface area contributed by atoms with E-state index in [1.54, 1.807) is 12.4 Å². The molecule has 0 spiro atoms. The standard InChI is InChI=1S/C22H37N5O/c1-15(2)23-11-16-7-9-27(10-8-16)18-13-24-17(12-25-18)19(28)26-20-21(3,4)14-22(20,5)6/h12-13,15-16,20,23H,7-11,14H2,1-6H3,(H,26,28). The molecule has 1 saturated heterocycles. The van der Waals surface area contributed by atoms with Crippen LogP contribution in [0.2, 0.25) is 0 Å². The van der Waals surface area contributed by atoms with Gasteiger partial charge in [0.2, 0.25) is 0 Å². The maximum absolute atomic E-state index is 12.6. The molecule has 1 aromatic heterocycles. The zero-order chi connectivity index (χ0) is 20.5. The average molecular weight is 388 g/mol. The van der Waals surface area contributed by atoms with E-state index in [0.717, 1.165) is 50.6 Å². The molecule has 1 aliphatic heterocycles. The van der Waals surface area contributed by atoms with Crippen molar-refractivity contribution in [2.45, 2.75) is 72.9 Å². The number of nitrogens with one attached hydrogen (secondary N) is 2. The smallest absolute Gasteiger partial charge is 0.271 e. The fourth-order valence-corrected chi connectivity index (χ4v) is 5.27. The molecular formula is C22H37N5O. The summed E-state index contributed by atoms with van der Waals surface area (Å²) in [6.45, 7) is 16.3. The van der Waals surface area contributed by atoms with Gasteiger partial charge in [0.25, 0.3) is 5.91 Å². The van der Waals surface area contributed by atoms with Crippen LogP contribution in [0.4, 0.5) is 5.82 Å². The summed E-state index contributed by atoms with van der Waals surface area (Å²) in [5.74, 6) is 1.48. The lowest BCUT2D eigenvalue weighted by Crippen LogP contribution is -2.63. The molecule has 3 rings (SSSR count). The van der Waals surface area contributed by atoms with E-state index in [9.17, 15) is 4.79 Å². The van der Waals surface area contributed by atoms with Crippen LogP contribution >= 0.6 is 0 Å². The highest BCUT2D eigenvalue weighted by Crippen LogP contribution is 2.53. The van der Waals surface area contributed by atoms with Gasteiger partial charge in [-0.1, -0.05) is 41.5 Å². The van der Waals surface area contributed by atoms with Gasteiger partial charge in [-0.25, -0.2) is 9.97 Å². The molecule has 156 valence electrons. The van der Waals surface area contributed by atoms with Crippen molar-refractivity contribution in [3.8, 4) is 0 Å². The predicted molar refractivity (Wildman–Crippen MR) is 114 cm³/mol. The summed E-state index contributed by atoms with van der Waals surface area (Å²) in [5, 5.41) is 6.71. The highest BCUT2D eigenvalue weighted by atomic mass is 16.2. The summed E-state index contributed by atoms with van der Waals surface area (Å²) in [7, 11) is 0. The molecule has 0 atom stereocenters. The average Bonchev–Trinajstić information content (AvgIpc) is 2.64. The van der Waals surface area contributed by atoms with E-state index < -0.39 is 0 Å². The van der Waals surface area contributed by atoms with Crippen molar-refractivity contribution in [1.82, 2.24) is 20.6 Å². The van der Waals surface area contributed by atoms with Crippen LogP contribution in [0.25, 0.3) is 0 Å². The minimum absolute atomic E-state index is 0.122. The number of carbonyl (C=O) groups is 1. The molecule has 1 aromatic rings. The summed E-state index contributed by atoms with van der Waals surface area (Å²) < 4.78 is 0.